The van der Waals surface area contributed by atoms with Crippen LogP contribution in [0.5, 0.6) is 0 Å². The summed E-state index contributed by atoms with van der Waals surface area (Å²) in [5, 5.41) is 11.9. The van der Waals surface area contributed by atoms with Gasteiger partial charge in [0.05, 0.1) is 11.8 Å². The van der Waals surface area contributed by atoms with Gasteiger partial charge >= 0.3 is 5.97 Å². The van der Waals surface area contributed by atoms with Crippen molar-refractivity contribution in [3.63, 3.8) is 0 Å². The molecular formula is C8H14N2O3. The standard InChI is InChI=1S/C8H14N2O3/c9-7(11)5-1-3-10-4-2-6(5)8(12)13/h5-6,10H,1-4H2,(H2,9,11)(H,12,13). The predicted octanol–water partition coefficient (Wildman–Crippen LogP) is -0.828. The molecule has 1 fully saturated rings. The largest absolute Gasteiger partial charge is 0.481 e. The molecule has 1 aliphatic heterocycles. The maximum absolute atomic E-state index is 11.0. The minimum atomic E-state index is -0.924. The Morgan fingerprint density at radius 2 is 1.77 bits per heavy atom. The van der Waals surface area contributed by atoms with Gasteiger partial charge < -0.3 is 16.2 Å². The van der Waals surface area contributed by atoms with E-state index < -0.39 is 23.7 Å². The third-order valence-electron chi connectivity index (χ3n) is 2.43. The van der Waals surface area contributed by atoms with Gasteiger partial charge in [-0.1, -0.05) is 0 Å². The van der Waals surface area contributed by atoms with E-state index in [0.717, 1.165) is 0 Å². The summed E-state index contributed by atoms with van der Waals surface area (Å²) in [5.74, 6) is -2.57. The van der Waals surface area contributed by atoms with Crippen LogP contribution in [-0.4, -0.2) is 30.1 Å². The molecule has 74 valence electrons. The third kappa shape index (κ3) is 2.42. The molecule has 0 aromatic heterocycles. The Hall–Kier alpha value is -1.10. The molecule has 1 heterocycles. The van der Waals surface area contributed by atoms with Gasteiger partial charge in [0.25, 0.3) is 0 Å². The van der Waals surface area contributed by atoms with Crippen LogP contribution in [0.4, 0.5) is 0 Å². The molecule has 5 heteroatoms. The van der Waals surface area contributed by atoms with Crippen molar-refractivity contribution in [1.29, 1.82) is 0 Å². The number of hydrogen-bond donors (Lipinski definition) is 3. The van der Waals surface area contributed by atoms with Crippen LogP contribution in [0.2, 0.25) is 0 Å². The summed E-state index contributed by atoms with van der Waals surface area (Å²) in [6.07, 6.45) is 0.995. The number of primary amides is 1. The highest BCUT2D eigenvalue weighted by atomic mass is 16.4. The molecule has 5 nitrogen and oxygen atoms in total. The van der Waals surface area contributed by atoms with Crippen molar-refractivity contribution in [2.45, 2.75) is 12.8 Å². The van der Waals surface area contributed by atoms with Gasteiger partial charge in [-0.25, -0.2) is 0 Å². The number of rotatable bonds is 2. The zero-order valence-corrected chi connectivity index (χ0v) is 7.32. The second-order valence-corrected chi connectivity index (χ2v) is 3.28. The summed E-state index contributed by atoms with van der Waals surface area (Å²) in [6.45, 7) is 1.30. The van der Waals surface area contributed by atoms with Crippen molar-refractivity contribution < 1.29 is 14.7 Å². The number of carbonyl (C=O) groups is 2. The van der Waals surface area contributed by atoms with Gasteiger partial charge in [0.1, 0.15) is 0 Å². The second kappa shape index (κ2) is 4.23. The topological polar surface area (TPSA) is 92.4 Å². The van der Waals surface area contributed by atoms with Crippen LogP contribution in [0, 0.1) is 11.8 Å². The highest BCUT2D eigenvalue weighted by Gasteiger charge is 2.32. The van der Waals surface area contributed by atoms with E-state index in [1.165, 1.54) is 0 Å². The van der Waals surface area contributed by atoms with Crippen LogP contribution < -0.4 is 11.1 Å². The van der Waals surface area contributed by atoms with E-state index in [0.29, 0.717) is 25.9 Å². The fraction of sp³-hybridized carbons (Fsp3) is 0.750. The Balaban J connectivity index is 2.72. The molecule has 0 aliphatic carbocycles. The Morgan fingerprint density at radius 3 is 2.23 bits per heavy atom. The predicted molar refractivity (Wildman–Crippen MR) is 45.9 cm³/mol. The van der Waals surface area contributed by atoms with Crippen LogP contribution in [0.3, 0.4) is 0 Å². The number of nitrogens with one attached hydrogen (secondary N) is 1. The lowest BCUT2D eigenvalue weighted by Crippen LogP contribution is -2.34. The third-order valence-corrected chi connectivity index (χ3v) is 2.43. The first-order chi connectivity index (χ1) is 6.13. The van der Waals surface area contributed by atoms with E-state index in [9.17, 15) is 9.59 Å². The quantitative estimate of drug-likeness (QED) is 0.525. The van der Waals surface area contributed by atoms with E-state index in [1.807, 2.05) is 0 Å². The lowest BCUT2D eigenvalue weighted by Gasteiger charge is -2.16. The molecule has 0 spiro atoms. The normalized spacial score (nSPS) is 29.2. The van der Waals surface area contributed by atoms with Crippen LogP contribution in [0.1, 0.15) is 12.8 Å². The molecule has 1 aliphatic rings. The first-order valence-electron chi connectivity index (χ1n) is 4.35. The van der Waals surface area contributed by atoms with Gasteiger partial charge in [0.15, 0.2) is 0 Å². The summed E-state index contributed by atoms with van der Waals surface area (Å²) < 4.78 is 0. The zero-order valence-electron chi connectivity index (χ0n) is 7.32. The SMILES string of the molecule is NC(=O)C1CCNCCC1C(=O)O. The molecule has 1 amide bonds. The molecule has 1 saturated heterocycles. The molecule has 2 atom stereocenters. The van der Waals surface area contributed by atoms with Gasteiger partial charge in [0.2, 0.25) is 5.91 Å². The molecule has 0 radical (unpaired) electrons. The highest BCUT2D eigenvalue weighted by Crippen LogP contribution is 2.21. The van der Waals surface area contributed by atoms with Gasteiger partial charge in [-0.05, 0) is 25.9 Å². The molecule has 1 rings (SSSR count). The molecule has 0 saturated carbocycles. The summed E-state index contributed by atoms with van der Waals surface area (Å²) in [4.78, 5) is 21.7. The van der Waals surface area contributed by atoms with Crippen molar-refractivity contribution in [2.24, 2.45) is 17.6 Å². The Labute approximate surface area is 76.3 Å². The van der Waals surface area contributed by atoms with Crippen LogP contribution in [0.15, 0.2) is 0 Å². The number of amides is 1. The maximum Gasteiger partial charge on any atom is 0.307 e. The number of hydrogen-bond acceptors (Lipinski definition) is 3. The van der Waals surface area contributed by atoms with E-state index in [4.69, 9.17) is 10.8 Å². The summed E-state index contributed by atoms with van der Waals surface area (Å²) in [7, 11) is 0. The summed E-state index contributed by atoms with van der Waals surface area (Å²) in [5.41, 5.74) is 5.13. The number of carbonyl (C=O) groups excluding carboxylic acids is 1. The Kier molecular flexibility index (Phi) is 3.25. The highest BCUT2D eigenvalue weighted by molar-refractivity contribution is 5.83. The molecule has 0 aromatic carbocycles. The number of carboxylic acids is 1. The van der Waals surface area contributed by atoms with E-state index in [2.05, 4.69) is 5.32 Å². The van der Waals surface area contributed by atoms with Crippen molar-refractivity contribution in [2.75, 3.05) is 13.1 Å². The van der Waals surface area contributed by atoms with E-state index in [1.54, 1.807) is 0 Å². The molecule has 2 unspecified atom stereocenters. The molecule has 0 bridgehead atoms. The fourth-order valence-electron chi connectivity index (χ4n) is 1.68. The average Bonchev–Trinajstić information content (AvgIpc) is 2.27. The smallest absolute Gasteiger partial charge is 0.307 e. The molecule has 0 aromatic rings. The Morgan fingerprint density at radius 1 is 1.23 bits per heavy atom. The second-order valence-electron chi connectivity index (χ2n) is 3.28. The molecule has 13 heavy (non-hydrogen) atoms. The van der Waals surface area contributed by atoms with Crippen LogP contribution in [0.25, 0.3) is 0 Å². The van der Waals surface area contributed by atoms with Crippen molar-refractivity contribution in [3.05, 3.63) is 0 Å². The Bertz CT molecular complexity index is 195. The zero-order chi connectivity index (χ0) is 9.84. The van der Waals surface area contributed by atoms with E-state index in [-0.39, 0.29) is 0 Å². The fourth-order valence-corrected chi connectivity index (χ4v) is 1.68. The monoisotopic (exact) mass is 186 g/mol. The lowest BCUT2D eigenvalue weighted by molar-refractivity contribution is -0.146. The minimum absolute atomic E-state index is 0.475. The van der Waals surface area contributed by atoms with Gasteiger partial charge in [-0.15, -0.1) is 0 Å². The number of aliphatic carboxylic acids is 1. The first kappa shape index (κ1) is 9.98. The minimum Gasteiger partial charge on any atom is -0.481 e. The summed E-state index contributed by atoms with van der Waals surface area (Å²) in [6, 6.07) is 0. The number of nitrogens with two attached hydrogens (primary N) is 1. The average molecular weight is 186 g/mol. The van der Waals surface area contributed by atoms with Crippen molar-refractivity contribution >= 4 is 11.9 Å². The first-order valence-corrected chi connectivity index (χ1v) is 4.35. The van der Waals surface area contributed by atoms with Gasteiger partial charge in [-0.2, -0.15) is 0 Å². The molecule has 4 N–H and O–H groups in total. The van der Waals surface area contributed by atoms with Crippen molar-refractivity contribution in [3.8, 4) is 0 Å². The molecular weight excluding hydrogens is 172 g/mol. The van der Waals surface area contributed by atoms with Gasteiger partial charge in [-0.3, -0.25) is 9.59 Å². The van der Waals surface area contributed by atoms with Crippen LogP contribution >= 0.6 is 0 Å². The van der Waals surface area contributed by atoms with Crippen LogP contribution in [-0.2, 0) is 9.59 Å². The maximum atomic E-state index is 11.0. The van der Waals surface area contributed by atoms with Crippen molar-refractivity contribution in [1.82, 2.24) is 5.32 Å². The van der Waals surface area contributed by atoms with Gasteiger partial charge in [0, 0.05) is 0 Å². The lowest BCUT2D eigenvalue weighted by atomic mass is 9.87. The number of carboxylic acid groups (broad SMARTS) is 1. The summed E-state index contributed by atoms with van der Waals surface area (Å²) >= 11 is 0. The van der Waals surface area contributed by atoms with E-state index >= 15 is 0 Å².